The minimum atomic E-state index is -4.14. The maximum absolute atomic E-state index is 12.6. The molecule has 0 spiro atoms. The first-order valence-electron chi connectivity index (χ1n) is 7.71. The second-order valence-electron chi connectivity index (χ2n) is 5.59. The Hall–Kier alpha value is -3.02. The van der Waals surface area contributed by atoms with Crippen LogP contribution in [0.5, 0.6) is 0 Å². The third-order valence-corrected chi connectivity index (χ3v) is 6.26. The highest BCUT2D eigenvalue weighted by atomic mass is 35.5. The van der Waals surface area contributed by atoms with Crippen molar-refractivity contribution in [3.8, 4) is 11.3 Å². The number of rotatable bonds is 5. The number of fused-ring (bicyclic) bond motifs is 1. The molecule has 0 saturated heterocycles. The highest BCUT2D eigenvalue weighted by molar-refractivity contribution is 7.92. The van der Waals surface area contributed by atoms with Crippen molar-refractivity contribution in [1.29, 1.82) is 0 Å². The first-order chi connectivity index (χ1) is 13.3. The van der Waals surface area contributed by atoms with E-state index in [1.54, 1.807) is 0 Å². The fourth-order valence-corrected chi connectivity index (χ4v) is 4.49. The number of hydrogen-bond acceptors (Lipinski definition) is 7. The SMILES string of the molecule is O=[N+]([O-])c1cc(S(=O)(=O)Nc2nc3scc(-c4ccccc4)n3n2)ccc1Cl. The molecule has 4 rings (SSSR count). The van der Waals surface area contributed by atoms with E-state index >= 15 is 0 Å². The van der Waals surface area contributed by atoms with Gasteiger partial charge in [0.2, 0.25) is 4.96 Å². The molecule has 0 unspecified atom stereocenters. The lowest BCUT2D eigenvalue weighted by molar-refractivity contribution is -0.384. The Bertz CT molecular complexity index is 1300. The largest absolute Gasteiger partial charge is 0.289 e. The van der Waals surface area contributed by atoms with Crippen LogP contribution in [0.2, 0.25) is 5.02 Å². The van der Waals surface area contributed by atoms with Crippen molar-refractivity contribution in [3.63, 3.8) is 0 Å². The van der Waals surface area contributed by atoms with Crippen LogP contribution in [0.15, 0.2) is 58.8 Å². The predicted octanol–water partition coefficient (Wildman–Crippen LogP) is 3.82. The van der Waals surface area contributed by atoms with Crippen molar-refractivity contribution < 1.29 is 13.3 Å². The molecule has 0 radical (unpaired) electrons. The minimum Gasteiger partial charge on any atom is -0.258 e. The van der Waals surface area contributed by atoms with E-state index in [0.717, 1.165) is 23.4 Å². The van der Waals surface area contributed by atoms with Gasteiger partial charge in [0, 0.05) is 17.0 Å². The summed E-state index contributed by atoms with van der Waals surface area (Å²) in [7, 11) is -4.14. The van der Waals surface area contributed by atoms with E-state index in [9.17, 15) is 18.5 Å². The van der Waals surface area contributed by atoms with E-state index in [2.05, 4.69) is 14.8 Å². The average Bonchev–Trinajstić information content (AvgIpc) is 3.21. The summed E-state index contributed by atoms with van der Waals surface area (Å²) in [6, 6.07) is 12.7. The molecule has 0 bridgehead atoms. The molecule has 4 aromatic rings. The summed E-state index contributed by atoms with van der Waals surface area (Å²) < 4.78 is 28.9. The maximum Gasteiger partial charge on any atom is 0.289 e. The number of nitrogens with zero attached hydrogens (tertiary/aromatic N) is 4. The van der Waals surface area contributed by atoms with E-state index in [0.29, 0.717) is 4.96 Å². The zero-order valence-corrected chi connectivity index (χ0v) is 16.2. The Morgan fingerprint density at radius 3 is 2.64 bits per heavy atom. The van der Waals surface area contributed by atoms with Gasteiger partial charge in [-0.05, 0) is 12.1 Å². The summed E-state index contributed by atoms with van der Waals surface area (Å²) in [6.45, 7) is 0. The molecule has 0 aliphatic rings. The normalized spacial score (nSPS) is 11.6. The fraction of sp³-hybridized carbons (Fsp3) is 0. The molecular formula is C16H10ClN5O4S2. The summed E-state index contributed by atoms with van der Waals surface area (Å²) in [5.41, 5.74) is 1.16. The number of halogens is 1. The molecule has 0 amide bonds. The number of anilines is 1. The zero-order chi connectivity index (χ0) is 19.9. The van der Waals surface area contributed by atoms with E-state index in [4.69, 9.17) is 11.6 Å². The summed E-state index contributed by atoms with van der Waals surface area (Å²) in [6.07, 6.45) is 0. The number of nitro benzene ring substituents is 1. The highest BCUT2D eigenvalue weighted by Crippen LogP contribution is 2.29. The number of nitro groups is 1. The first-order valence-corrected chi connectivity index (χ1v) is 10.5. The first kappa shape index (κ1) is 18.3. The Morgan fingerprint density at radius 1 is 1.18 bits per heavy atom. The van der Waals surface area contributed by atoms with Crippen molar-refractivity contribution in [2.75, 3.05) is 4.72 Å². The lowest BCUT2D eigenvalue weighted by Gasteiger charge is -2.05. The second kappa shape index (κ2) is 6.86. The van der Waals surface area contributed by atoms with Crippen molar-refractivity contribution in [1.82, 2.24) is 14.6 Å². The molecule has 0 atom stereocenters. The molecule has 2 aromatic carbocycles. The Labute approximate surface area is 167 Å². The van der Waals surface area contributed by atoms with Crippen LogP contribution >= 0.6 is 22.9 Å². The van der Waals surface area contributed by atoms with E-state index in [1.807, 2.05) is 35.7 Å². The van der Waals surface area contributed by atoms with Crippen LogP contribution < -0.4 is 4.72 Å². The van der Waals surface area contributed by atoms with Crippen LogP contribution in [-0.4, -0.2) is 27.9 Å². The van der Waals surface area contributed by atoms with Gasteiger partial charge in [-0.15, -0.1) is 16.4 Å². The van der Waals surface area contributed by atoms with Crippen molar-refractivity contribution in [2.24, 2.45) is 0 Å². The van der Waals surface area contributed by atoms with Gasteiger partial charge in [-0.25, -0.2) is 17.7 Å². The van der Waals surface area contributed by atoms with E-state index in [1.165, 1.54) is 21.9 Å². The van der Waals surface area contributed by atoms with E-state index < -0.39 is 20.6 Å². The number of sulfonamides is 1. The molecule has 0 aliphatic carbocycles. The van der Waals surface area contributed by atoms with Crippen molar-refractivity contribution >= 4 is 49.6 Å². The Balaban J connectivity index is 1.69. The van der Waals surface area contributed by atoms with Gasteiger partial charge < -0.3 is 0 Å². The predicted molar refractivity (Wildman–Crippen MR) is 105 cm³/mol. The molecule has 9 nitrogen and oxygen atoms in total. The van der Waals surface area contributed by atoms with Crippen LogP contribution in [0.25, 0.3) is 16.2 Å². The number of hydrogen-bond donors (Lipinski definition) is 1. The van der Waals surface area contributed by atoms with Crippen LogP contribution in [0.3, 0.4) is 0 Å². The average molecular weight is 436 g/mol. The van der Waals surface area contributed by atoms with Crippen LogP contribution in [-0.2, 0) is 10.0 Å². The molecule has 0 aliphatic heterocycles. The van der Waals surface area contributed by atoms with Crippen LogP contribution in [0.1, 0.15) is 0 Å². The third kappa shape index (κ3) is 3.30. The van der Waals surface area contributed by atoms with Gasteiger partial charge in [-0.1, -0.05) is 41.9 Å². The van der Waals surface area contributed by atoms with Crippen molar-refractivity contribution in [2.45, 2.75) is 4.90 Å². The van der Waals surface area contributed by atoms with Gasteiger partial charge in [0.05, 0.1) is 15.5 Å². The maximum atomic E-state index is 12.6. The highest BCUT2D eigenvalue weighted by Gasteiger charge is 2.23. The smallest absolute Gasteiger partial charge is 0.258 e. The quantitative estimate of drug-likeness (QED) is 0.376. The van der Waals surface area contributed by atoms with Gasteiger partial charge in [-0.3, -0.25) is 10.1 Å². The number of benzene rings is 2. The fourth-order valence-electron chi connectivity index (χ4n) is 2.51. The second-order valence-corrected chi connectivity index (χ2v) is 8.52. The number of thiazole rings is 1. The Morgan fingerprint density at radius 2 is 1.93 bits per heavy atom. The van der Waals surface area contributed by atoms with Crippen LogP contribution in [0.4, 0.5) is 11.6 Å². The molecule has 12 heteroatoms. The topological polar surface area (TPSA) is 120 Å². The van der Waals surface area contributed by atoms with Gasteiger partial charge >= 0.3 is 0 Å². The summed E-state index contributed by atoms with van der Waals surface area (Å²) in [5, 5.41) is 16.9. The molecule has 28 heavy (non-hydrogen) atoms. The summed E-state index contributed by atoms with van der Waals surface area (Å²) >= 11 is 7.04. The number of aromatic nitrogens is 3. The molecular weight excluding hydrogens is 426 g/mol. The standard InChI is InChI=1S/C16H10ClN5O4S2/c17-12-7-6-11(8-13(12)22(23)24)28(25,26)20-15-18-16-21(19-15)14(9-27-16)10-4-2-1-3-5-10/h1-9H,(H,19,20). The molecule has 1 N–H and O–H groups in total. The van der Waals surface area contributed by atoms with Gasteiger partial charge in [0.1, 0.15) is 5.02 Å². The third-order valence-electron chi connectivity index (χ3n) is 3.80. The molecule has 0 fully saturated rings. The summed E-state index contributed by atoms with van der Waals surface area (Å²) in [5.74, 6) is -0.137. The van der Waals surface area contributed by atoms with Crippen LogP contribution in [0, 0.1) is 10.1 Å². The number of nitrogens with one attached hydrogen (secondary N) is 1. The monoisotopic (exact) mass is 435 g/mol. The molecule has 0 saturated carbocycles. The van der Waals surface area contributed by atoms with Gasteiger partial charge in [-0.2, -0.15) is 4.98 Å². The Kier molecular flexibility index (Phi) is 4.49. The zero-order valence-electron chi connectivity index (χ0n) is 13.8. The molecule has 2 aromatic heterocycles. The van der Waals surface area contributed by atoms with Gasteiger partial charge in [0.15, 0.2) is 0 Å². The molecule has 2 heterocycles. The lowest BCUT2D eigenvalue weighted by atomic mass is 10.2. The molecule has 142 valence electrons. The van der Waals surface area contributed by atoms with Gasteiger partial charge in [0.25, 0.3) is 21.7 Å². The van der Waals surface area contributed by atoms with Crippen molar-refractivity contribution in [3.05, 3.63) is 69.0 Å². The summed E-state index contributed by atoms with van der Waals surface area (Å²) in [4.78, 5) is 14.6. The lowest BCUT2D eigenvalue weighted by Crippen LogP contribution is -2.14. The minimum absolute atomic E-state index is 0.137. The van der Waals surface area contributed by atoms with E-state index in [-0.39, 0.29) is 15.9 Å².